The Kier molecular flexibility index (Phi) is 5.90. The first-order valence-electron chi connectivity index (χ1n) is 8.57. The topological polar surface area (TPSA) is 92.9 Å². The first-order valence-corrected chi connectivity index (χ1v) is 9.39. The Hall–Kier alpha value is -2.38. The minimum absolute atomic E-state index is 0.0717. The fourth-order valence-electron chi connectivity index (χ4n) is 3.16. The van der Waals surface area contributed by atoms with Crippen molar-refractivity contribution in [3.8, 4) is 0 Å². The molecule has 1 unspecified atom stereocenters. The van der Waals surface area contributed by atoms with E-state index in [2.05, 4.69) is 12.1 Å². The minimum Gasteiger partial charge on any atom is -0.477 e. The van der Waals surface area contributed by atoms with Crippen LogP contribution in [0.4, 0.5) is 5.69 Å². The van der Waals surface area contributed by atoms with Crippen LogP contribution in [0.5, 0.6) is 0 Å². The standard InChI is InChI=1S/C19H22N2O4S/c20-16-10-15(26-18(16)19(23)24)12-25-11-14-6-7-17(22)21(14)9-8-13-4-2-1-3-5-13/h1-5,10,14H,6-9,11-12,20H2,(H,23,24). The lowest BCUT2D eigenvalue weighted by atomic mass is 10.1. The fourth-order valence-corrected chi connectivity index (χ4v) is 4.01. The van der Waals surface area contributed by atoms with Gasteiger partial charge in [0, 0.05) is 17.8 Å². The number of carbonyl (C=O) groups is 2. The summed E-state index contributed by atoms with van der Waals surface area (Å²) < 4.78 is 5.75. The number of ether oxygens (including phenoxy) is 1. The van der Waals surface area contributed by atoms with Gasteiger partial charge in [-0.05, 0) is 24.5 Å². The number of hydrogen-bond donors (Lipinski definition) is 2. The predicted octanol–water partition coefficient (Wildman–Crippen LogP) is 2.78. The van der Waals surface area contributed by atoms with Crippen molar-refractivity contribution in [2.45, 2.75) is 31.9 Å². The van der Waals surface area contributed by atoms with Gasteiger partial charge in [-0.3, -0.25) is 4.79 Å². The van der Waals surface area contributed by atoms with Crippen LogP contribution in [-0.2, 0) is 22.6 Å². The minimum atomic E-state index is -1.02. The monoisotopic (exact) mass is 374 g/mol. The molecule has 1 atom stereocenters. The van der Waals surface area contributed by atoms with Crippen LogP contribution in [0.2, 0.25) is 0 Å². The van der Waals surface area contributed by atoms with E-state index >= 15 is 0 Å². The quantitative estimate of drug-likeness (QED) is 0.741. The fraction of sp³-hybridized carbons (Fsp3) is 0.368. The smallest absolute Gasteiger partial charge is 0.348 e. The number of nitrogens with two attached hydrogens (primary N) is 1. The van der Waals surface area contributed by atoms with E-state index in [-0.39, 0.29) is 22.5 Å². The van der Waals surface area contributed by atoms with Crippen molar-refractivity contribution in [2.75, 3.05) is 18.9 Å². The van der Waals surface area contributed by atoms with Crippen molar-refractivity contribution in [1.29, 1.82) is 0 Å². The lowest BCUT2D eigenvalue weighted by Gasteiger charge is -2.24. The highest BCUT2D eigenvalue weighted by Crippen LogP contribution is 2.26. The molecule has 2 aromatic rings. The zero-order valence-corrected chi connectivity index (χ0v) is 15.2. The molecule has 2 heterocycles. The summed E-state index contributed by atoms with van der Waals surface area (Å²) in [5.74, 6) is -0.852. The van der Waals surface area contributed by atoms with Crippen molar-refractivity contribution in [1.82, 2.24) is 4.90 Å². The van der Waals surface area contributed by atoms with Crippen LogP contribution in [-0.4, -0.2) is 41.1 Å². The summed E-state index contributed by atoms with van der Waals surface area (Å²) in [5, 5.41) is 9.04. The third-order valence-corrected chi connectivity index (χ3v) is 5.61. The van der Waals surface area contributed by atoms with Crippen molar-refractivity contribution < 1.29 is 19.4 Å². The van der Waals surface area contributed by atoms with Crippen LogP contribution in [0.25, 0.3) is 0 Å². The molecule has 1 aliphatic rings. The molecular formula is C19H22N2O4S. The summed E-state index contributed by atoms with van der Waals surface area (Å²) >= 11 is 1.13. The van der Waals surface area contributed by atoms with Crippen molar-refractivity contribution in [2.24, 2.45) is 0 Å². The van der Waals surface area contributed by atoms with Gasteiger partial charge in [0.1, 0.15) is 4.88 Å². The number of anilines is 1. The third-order valence-electron chi connectivity index (χ3n) is 4.50. The van der Waals surface area contributed by atoms with Gasteiger partial charge in [0.05, 0.1) is 24.9 Å². The number of hydrogen-bond acceptors (Lipinski definition) is 5. The molecule has 0 radical (unpaired) electrons. The van der Waals surface area contributed by atoms with E-state index in [1.807, 2.05) is 23.1 Å². The summed E-state index contributed by atoms with van der Waals surface area (Å²) in [6, 6.07) is 11.8. The second-order valence-electron chi connectivity index (χ2n) is 6.33. The number of carboxylic acids is 1. The van der Waals surface area contributed by atoms with Crippen LogP contribution in [0, 0.1) is 0 Å². The predicted molar refractivity (Wildman–Crippen MR) is 100 cm³/mol. The van der Waals surface area contributed by atoms with E-state index in [1.165, 1.54) is 5.56 Å². The third kappa shape index (κ3) is 4.42. The molecule has 138 valence electrons. The lowest BCUT2D eigenvalue weighted by molar-refractivity contribution is -0.129. The average molecular weight is 374 g/mol. The first-order chi connectivity index (χ1) is 12.5. The van der Waals surface area contributed by atoms with Crippen LogP contribution in [0.3, 0.4) is 0 Å². The van der Waals surface area contributed by atoms with Crippen molar-refractivity contribution in [3.05, 3.63) is 51.7 Å². The van der Waals surface area contributed by atoms with Crippen molar-refractivity contribution in [3.63, 3.8) is 0 Å². The molecule has 1 aromatic heterocycles. The molecule has 26 heavy (non-hydrogen) atoms. The Bertz CT molecular complexity index is 775. The molecule has 0 spiro atoms. The number of carboxylic acid groups (broad SMARTS) is 1. The maximum atomic E-state index is 12.2. The van der Waals surface area contributed by atoms with Crippen LogP contribution < -0.4 is 5.73 Å². The zero-order chi connectivity index (χ0) is 18.5. The number of likely N-dealkylation sites (tertiary alicyclic amines) is 1. The van der Waals surface area contributed by atoms with Crippen LogP contribution in [0.1, 0.15) is 33.0 Å². The molecule has 1 aromatic carbocycles. The van der Waals surface area contributed by atoms with Crippen LogP contribution >= 0.6 is 11.3 Å². The number of benzene rings is 1. The van der Waals surface area contributed by atoms with Gasteiger partial charge in [-0.25, -0.2) is 4.79 Å². The Labute approximate surface area is 156 Å². The van der Waals surface area contributed by atoms with Gasteiger partial charge >= 0.3 is 5.97 Å². The number of rotatable bonds is 8. The molecule has 1 amide bonds. The van der Waals surface area contributed by atoms with Gasteiger partial charge in [-0.2, -0.15) is 0 Å². The molecule has 0 aliphatic carbocycles. The number of nitrogens with zero attached hydrogens (tertiary/aromatic N) is 1. The van der Waals surface area contributed by atoms with E-state index in [1.54, 1.807) is 6.07 Å². The second-order valence-corrected chi connectivity index (χ2v) is 7.47. The molecule has 1 fully saturated rings. The lowest BCUT2D eigenvalue weighted by Crippen LogP contribution is -2.37. The highest BCUT2D eigenvalue weighted by Gasteiger charge is 2.30. The van der Waals surface area contributed by atoms with Gasteiger partial charge in [0.15, 0.2) is 0 Å². The molecule has 0 saturated carbocycles. The summed E-state index contributed by atoms with van der Waals surface area (Å²) in [7, 11) is 0. The van der Waals surface area contributed by atoms with Crippen LogP contribution in [0.15, 0.2) is 36.4 Å². The van der Waals surface area contributed by atoms with E-state index in [4.69, 9.17) is 15.6 Å². The molecule has 1 aliphatic heterocycles. The van der Waals surface area contributed by atoms with Gasteiger partial charge in [-0.1, -0.05) is 30.3 Å². The highest BCUT2D eigenvalue weighted by atomic mass is 32.1. The van der Waals surface area contributed by atoms with E-state index in [0.717, 1.165) is 29.1 Å². The molecule has 7 heteroatoms. The zero-order valence-electron chi connectivity index (χ0n) is 14.4. The maximum absolute atomic E-state index is 12.2. The number of nitrogen functional groups attached to an aromatic ring is 1. The van der Waals surface area contributed by atoms with E-state index < -0.39 is 5.97 Å². The number of thiophene rings is 1. The summed E-state index contributed by atoms with van der Waals surface area (Å²) in [5.41, 5.74) is 7.17. The largest absolute Gasteiger partial charge is 0.477 e. The second kappa shape index (κ2) is 8.33. The average Bonchev–Trinajstić information content (AvgIpc) is 3.17. The number of amides is 1. The number of aromatic carboxylic acids is 1. The maximum Gasteiger partial charge on any atom is 0.348 e. The first kappa shape index (κ1) is 18.4. The van der Waals surface area contributed by atoms with E-state index in [9.17, 15) is 9.59 Å². The summed E-state index contributed by atoms with van der Waals surface area (Å²) in [6.45, 7) is 1.44. The Balaban J connectivity index is 1.51. The molecular weight excluding hydrogens is 352 g/mol. The Morgan fingerprint density at radius 1 is 1.35 bits per heavy atom. The highest BCUT2D eigenvalue weighted by molar-refractivity contribution is 7.14. The molecule has 0 bridgehead atoms. The molecule has 6 nitrogen and oxygen atoms in total. The Morgan fingerprint density at radius 2 is 2.12 bits per heavy atom. The Morgan fingerprint density at radius 3 is 2.81 bits per heavy atom. The number of carbonyl (C=O) groups excluding carboxylic acids is 1. The van der Waals surface area contributed by atoms with Crippen molar-refractivity contribution >= 4 is 28.9 Å². The van der Waals surface area contributed by atoms with Gasteiger partial charge in [0.25, 0.3) is 0 Å². The summed E-state index contributed by atoms with van der Waals surface area (Å²) in [4.78, 5) is 26.0. The van der Waals surface area contributed by atoms with E-state index in [0.29, 0.717) is 26.2 Å². The molecule has 3 rings (SSSR count). The summed E-state index contributed by atoms with van der Waals surface area (Å²) in [6.07, 6.45) is 2.17. The SMILES string of the molecule is Nc1cc(COCC2CCC(=O)N2CCc2ccccc2)sc1C(=O)O. The van der Waals surface area contributed by atoms with Gasteiger partial charge < -0.3 is 20.5 Å². The van der Waals surface area contributed by atoms with Gasteiger partial charge in [0.2, 0.25) is 5.91 Å². The van der Waals surface area contributed by atoms with Gasteiger partial charge in [-0.15, -0.1) is 11.3 Å². The normalized spacial score (nSPS) is 17.0. The molecule has 3 N–H and O–H groups in total. The molecule has 1 saturated heterocycles.